The van der Waals surface area contributed by atoms with E-state index < -0.39 is 0 Å². The van der Waals surface area contributed by atoms with E-state index in [0.717, 1.165) is 5.82 Å². The van der Waals surface area contributed by atoms with Crippen molar-refractivity contribution in [2.45, 2.75) is 13.0 Å². The number of aryl methyl sites for hydroxylation is 1. The summed E-state index contributed by atoms with van der Waals surface area (Å²) in [7, 11) is 5.39. The van der Waals surface area contributed by atoms with Crippen molar-refractivity contribution >= 4 is 23.2 Å². The van der Waals surface area contributed by atoms with Crippen LogP contribution in [0, 0.1) is 0 Å². The van der Waals surface area contributed by atoms with Crippen LogP contribution in [0.15, 0.2) is 30.6 Å². The minimum Gasteiger partial charge on any atom is -0.375 e. The Kier molecular flexibility index (Phi) is 4.53. The number of amides is 1. The van der Waals surface area contributed by atoms with Crippen molar-refractivity contribution in [3.8, 4) is 0 Å². The zero-order valence-corrected chi connectivity index (χ0v) is 13.3. The van der Waals surface area contributed by atoms with Crippen molar-refractivity contribution in [1.29, 1.82) is 0 Å². The molecule has 2 aromatic rings. The molecular formula is C15H19ClN4O. The number of nitrogens with one attached hydrogen (secondary N) is 1. The molecule has 6 heteroatoms. The molecule has 0 aliphatic carbocycles. The molecule has 0 bridgehead atoms. The van der Waals surface area contributed by atoms with E-state index in [0.29, 0.717) is 16.3 Å². The van der Waals surface area contributed by atoms with Crippen molar-refractivity contribution in [1.82, 2.24) is 14.5 Å². The largest absolute Gasteiger partial charge is 0.375 e. The number of anilines is 1. The second-order valence-corrected chi connectivity index (χ2v) is 5.59. The van der Waals surface area contributed by atoms with Gasteiger partial charge in [-0.25, -0.2) is 4.98 Å². The molecule has 0 saturated carbocycles. The highest BCUT2D eigenvalue weighted by atomic mass is 35.5. The van der Waals surface area contributed by atoms with Crippen molar-refractivity contribution in [3.63, 3.8) is 0 Å². The molecule has 1 amide bonds. The molecule has 0 saturated heterocycles. The summed E-state index contributed by atoms with van der Waals surface area (Å²) in [6, 6.07) is 5.17. The molecule has 2 rings (SSSR count). The fourth-order valence-electron chi connectivity index (χ4n) is 2.16. The van der Waals surface area contributed by atoms with Gasteiger partial charge in [-0.2, -0.15) is 0 Å². The van der Waals surface area contributed by atoms with Crippen LogP contribution in [0.2, 0.25) is 5.02 Å². The predicted molar refractivity (Wildman–Crippen MR) is 84.7 cm³/mol. The van der Waals surface area contributed by atoms with E-state index in [1.807, 2.05) is 24.7 Å². The standard InChI is InChI=1S/C15H19ClN4O/c1-10(14-17-7-8-20(14)4)18-13-9-11(16)5-6-12(13)15(21)19(2)3/h5-10,18H,1-4H3. The van der Waals surface area contributed by atoms with Crippen LogP contribution in [0.5, 0.6) is 0 Å². The van der Waals surface area contributed by atoms with Crippen LogP contribution >= 0.6 is 11.6 Å². The number of carbonyl (C=O) groups excluding carboxylic acids is 1. The van der Waals surface area contributed by atoms with Crippen LogP contribution in [0.25, 0.3) is 0 Å². The first kappa shape index (κ1) is 15.4. The van der Waals surface area contributed by atoms with Crippen molar-refractivity contribution in [3.05, 3.63) is 47.0 Å². The summed E-state index contributed by atoms with van der Waals surface area (Å²) in [5.74, 6) is 0.819. The Labute approximate surface area is 129 Å². The number of benzene rings is 1. The molecule has 5 nitrogen and oxygen atoms in total. The molecule has 0 aliphatic heterocycles. The number of carbonyl (C=O) groups is 1. The first-order valence-corrected chi connectivity index (χ1v) is 7.03. The number of rotatable bonds is 4. The quantitative estimate of drug-likeness (QED) is 0.945. The number of hydrogen-bond acceptors (Lipinski definition) is 3. The van der Waals surface area contributed by atoms with E-state index in [1.165, 1.54) is 0 Å². The second-order valence-electron chi connectivity index (χ2n) is 5.15. The highest BCUT2D eigenvalue weighted by Crippen LogP contribution is 2.26. The lowest BCUT2D eigenvalue weighted by Crippen LogP contribution is -2.23. The molecule has 0 aliphatic rings. The van der Waals surface area contributed by atoms with E-state index in [2.05, 4.69) is 10.3 Å². The van der Waals surface area contributed by atoms with Gasteiger partial charge in [0, 0.05) is 44.2 Å². The Morgan fingerprint density at radius 3 is 2.71 bits per heavy atom. The second kappa shape index (κ2) is 6.18. The predicted octanol–water partition coefficient (Wildman–Crippen LogP) is 2.95. The van der Waals surface area contributed by atoms with Crippen molar-refractivity contribution in [2.24, 2.45) is 7.05 Å². The molecule has 0 spiro atoms. The van der Waals surface area contributed by atoms with Crippen molar-refractivity contribution in [2.75, 3.05) is 19.4 Å². The van der Waals surface area contributed by atoms with Gasteiger partial charge in [-0.1, -0.05) is 11.6 Å². The third-order valence-corrected chi connectivity index (χ3v) is 3.47. The van der Waals surface area contributed by atoms with E-state index in [-0.39, 0.29) is 11.9 Å². The molecule has 1 heterocycles. The fourth-order valence-corrected chi connectivity index (χ4v) is 2.33. The molecule has 0 radical (unpaired) electrons. The van der Waals surface area contributed by atoms with Gasteiger partial charge < -0.3 is 14.8 Å². The Morgan fingerprint density at radius 2 is 2.14 bits per heavy atom. The van der Waals surface area contributed by atoms with Crippen LogP contribution in [0.4, 0.5) is 5.69 Å². The minimum absolute atomic E-state index is 0.0443. The number of halogens is 1. The minimum atomic E-state index is -0.0683. The van der Waals surface area contributed by atoms with Gasteiger partial charge in [-0.3, -0.25) is 4.79 Å². The zero-order chi connectivity index (χ0) is 15.6. The maximum absolute atomic E-state index is 12.2. The average molecular weight is 307 g/mol. The molecule has 1 unspecified atom stereocenters. The molecule has 112 valence electrons. The molecule has 1 N–H and O–H groups in total. The summed E-state index contributed by atoms with van der Waals surface area (Å²) in [5.41, 5.74) is 1.29. The molecule has 1 aromatic heterocycles. The Balaban J connectivity index is 2.33. The lowest BCUT2D eigenvalue weighted by molar-refractivity contribution is 0.0828. The van der Waals surface area contributed by atoms with E-state index in [9.17, 15) is 4.79 Å². The van der Waals surface area contributed by atoms with Gasteiger partial charge >= 0.3 is 0 Å². The topological polar surface area (TPSA) is 50.2 Å². The van der Waals surface area contributed by atoms with Gasteiger partial charge in [0.1, 0.15) is 5.82 Å². The average Bonchev–Trinajstić information content (AvgIpc) is 2.84. The maximum atomic E-state index is 12.2. The normalized spacial score (nSPS) is 12.0. The SMILES string of the molecule is CC(Nc1cc(Cl)ccc1C(=O)N(C)C)c1nccn1C. The molecule has 21 heavy (non-hydrogen) atoms. The fraction of sp³-hybridized carbons (Fsp3) is 0.333. The molecule has 0 fully saturated rings. The summed E-state index contributed by atoms with van der Waals surface area (Å²) >= 11 is 6.05. The van der Waals surface area contributed by atoms with E-state index in [1.54, 1.807) is 43.4 Å². The highest BCUT2D eigenvalue weighted by molar-refractivity contribution is 6.31. The number of aromatic nitrogens is 2. The zero-order valence-electron chi connectivity index (χ0n) is 12.6. The number of nitrogens with zero attached hydrogens (tertiary/aromatic N) is 3. The summed E-state index contributed by atoms with van der Waals surface area (Å²) in [6.07, 6.45) is 3.63. The Bertz CT molecular complexity index is 651. The Morgan fingerprint density at radius 1 is 1.43 bits per heavy atom. The summed E-state index contributed by atoms with van der Waals surface area (Å²) in [5, 5.41) is 3.90. The molecular weight excluding hydrogens is 288 g/mol. The lowest BCUT2D eigenvalue weighted by Gasteiger charge is -2.19. The molecule has 1 aromatic carbocycles. The monoisotopic (exact) mass is 306 g/mol. The smallest absolute Gasteiger partial charge is 0.255 e. The first-order valence-electron chi connectivity index (χ1n) is 6.65. The van der Waals surface area contributed by atoms with Crippen LogP contribution in [0.3, 0.4) is 0 Å². The lowest BCUT2D eigenvalue weighted by atomic mass is 10.1. The number of imidazole rings is 1. The van der Waals surface area contributed by atoms with Crippen LogP contribution in [0.1, 0.15) is 29.1 Å². The third kappa shape index (κ3) is 3.36. The summed E-state index contributed by atoms with van der Waals surface area (Å²) in [6.45, 7) is 1.99. The number of hydrogen-bond donors (Lipinski definition) is 1. The van der Waals surface area contributed by atoms with Crippen molar-refractivity contribution < 1.29 is 4.79 Å². The van der Waals surface area contributed by atoms with E-state index in [4.69, 9.17) is 11.6 Å². The maximum Gasteiger partial charge on any atom is 0.255 e. The highest BCUT2D eigenvalue weighted by Gasteiger charge is 2.17. The van der Waals surface area contributed by atoms with Gasteiger partial charge in [0.15, 0.2) is 0 Å². The van der Waals surface area contributed by atoms with Crippen LogP contribution in [-0.4, -0.2) is 34.5 Å². The summed E-state index contributed by atoms with van der Waals surface area (Å²) in [4.78, 5) is 18.1. The Hall–Kier alpha value is -2.01. The van der Waals surface area contributed by atoms with Gasteiger partial charge in [0.2, 0.25) is 0 Å². The van der Waals surface area contributed by atoms with E-state index >= 15 is 0 Å². The van der Waals surface area contributed by atoms with Gasteiger partial charge in [0.05, 0.1) is 11.6 Å². The van der Waals surface area contributed by atoms with Gasteiger partial charge in [-0.15, -0.1) is 0 Å². The summed E-state index contributed by atoms with van der Waals surface area (Å²) < 4.78 is 1.94. The van der Waals surface area contributed by atoms with Crippen LogP contribution < -0.4 is 5.32 Å². The van der Waals surface area contributed by atoms with Gasteiger partial charge in [0.25, 0.3) is 5.91 Å². The first-order chi connectivity index (χ1) is 9.90. The van der Waals surface area contributed by atoms with Gasteiger partial charge in [-0.05, 0) is 25.1 Å². The van der Waals surface area contributed by atoms with Crippen LogP contribution in [-0.2, 0) is 7.05 Å². The third-order valence-electron chi connectivity index (χ3n) is 3.24. The molecule has 1 atom stereocenters.